The average molecular weight is 224 g/mol. The smallest absolute Gasteiger partial charge is 0.0146 e. The molecule has 0 amide bonds. The summed E-state index contributed by atoms with van der Waals surface area (Å²) >= 11 is 2.04. The summed E-state index contributed by atoms with van der Waals surface area (Å²) in [4.78, 5) is 1.58. The summed E-state index contributed by atoms with van der Waals surface area (Å²) in [7, 11) is 0. The Hall–Kier alpha value is -1.21. The molecule has 2 aliphatic rings. The molecule has 2 aromatic rings. The molecular formula is C15H12S. The fourth-order valence-electron chi connectivity index (χ4n) is 2.87. The topological polar surface area (TPSA) is 0 Å². The molecule has 0 saturated carbocycles. The zero-order valence-corrected chi connectivity index (χ0v) is 9.81. The van der Waals surface area contributed by atoms with Crippen LogP contribution >= 0.6 is 11.8 Å². The van der Waals surface area contributed by atoms with Gasteiger partial charge >= 0.3 is 0 Å². The predicted octanol–water partition coefficient (Wildman–Crippen LogP) is 3.91. The molecule has 0 spiro atoms. The largest absolute Gasteiger partial charge is 0.125 e. The van der Waals surface area contributed by atoms with Gasteiger partial charge in [-0.15, -0.1) is 11.8 Å². The van der Waals surface area contributed by atoms with Crippen LogP contribution in [0.1, 0.15) is 16.7 Å². The van der Waals surface area contributed by atoms with Crippen molar-refractivity contribution >= 4 is 11.8 Å². The molecule has 2 aromatic carbocycles. The first-order valence-corrected chi connectivity index (χ1v) is 6.78. The Kier molecular flexibility index (Phi) is 1.75. The molecule has 0 radical (unpaired) electrons. The molecule has 0 saturated heterocycles. The molecule has 1 heteroatoms. The lowest BCUT2D eigenvalue weighted by molar-refractivity contribution is 1.10. The minimum atomic E-state index is 1.14. The summed E-state index contributed by atoms with van der Waals surface area (Å²) in [5.74, 6) is 1.27. The quantitative estimate of drug-likeness (QED) is 0.558. The zero-order chi connectivity index (χ0) is 10.5. The lowest BCUT2D eigenvalue weighted by Gasteiger charge is -2.06. The Bertz CT molecular complexity index is 584. The lowest BCUT2D eigenvalue weighted by atomic mass is 10.0. The van der Waals surface area contributed by atoms with Crippen LogP contribution in [-0.4, -0.2) is 5.75 Å². The monoisotopic (exact) mass is 224 g/mol. The van der Waals surface area contributed by atoms with E-state index in [9.17, 15) is 0 Å². The second-order valence-electron chi connectivity index (χ2n) is 4.51. The SMILES string of the molecule is c1ccc2c(c1)Cc1c-2ccc2c1SCC2. The van der Waals surface area contributed by atoms with Crippen LogP contribution in [0.2, 0.25) is 0 Å². The van der Waals surface area contributed by atoms with Crippen molar-refractivity contribution in [2.24, 2.45) is 0 Å². The van der Waals surface area contributed by atoms with Crippen LogP contribution in [0.4, 0.5) is 0 Å². The summed E-state index contributed by atoms with van der Waals surface area (Å²) in [6, 6.07) is 13.5. The normalized spacial score (nSPS) is 15.8. The van der Waals surface area contributed by atoms with Crippen LogP contribution in [0.5, 0.6) is 0 Å². The molecule has 0 N–H and O–H groups in total. The van der Waals surface area contributed by atoms with Gasteiger partial charge in [-0.1, -0.05) is 36.4 Å². The third kappa shape index (κ3) is 1.07. The van der Waals surface area contributed by atoms with Crippen LogP contribution in [-0.2, 0) is 12.8 Å². The Morgan fingerprint density at radius 1 is 0.875 bits per heavy atom. The summed E-state index contributed by atoms with van der Waals surface area (Å²) < 4.78 is 0. The van der Waals surface area contributed by atoms with E-state index < -0.39 is 0 Å². The molecule has 1 aliphatic heterocycles. The molecule has 0 unspecified atom stereocenters. The molecule has 0 fully saturated rings. The third-order valence-corrected chi connectivity index (χ3v) is 4.84. The third-order valence-electron chi connectivity index (χ3n) is 3.63. The molecule has 0 nitrogen and oxygen atoms in total. The first-order chi connectivity index (χ1) is 7.93. The molecule has 1 aliphatic carbocycles. The summed E-state index contributed by atoms with van der Waals surface area (Å²) in [6.45, 7) is 0. The van der Waals surface area contributed by atoms with Crippen LogP contribution in [0.3, 0.4) is 0 Å². The number of hydrogen-bond acceptors (Lipinski definition) is 1. The van der Waals surface area contributed by atoms with Crippen LogP contribution in [0.15, 0.2) is 41.3 Å². The average Bonchev–Trinajstić information content (AvgIpc) is 2.92. The van der Waals surface area contributed by atoms with Gasteiger partial charge in [-0.25, -0.2) is 0 Å². The van der Waals surface area contributed by atoms with E-state index in [0.29, 0.717) is 0 Å². The molecule has 0 bridgehead atoms. The van der Waals surface area contributed by atoms with Crippen molar-refractivity contribution < 1.29 is 0 Å². The Labute approximate surface area is 99.7 Å². The van der Waals surface area contributed by atoms with E-state index in [1.807, 2.05) is 11.8 Å². The van der Waals surface area contributed by atoms with E-state index in [-0.39, 0.29) is 0 Å². The summed E-state index contributed by atoms with van der Waals surface area (Å²) in [6.07, 6.45) is 2.39. The summed E-state index contributed by atoms with van der Waals surface area (Å²) in [5, 5.41) is 0. The molecule has 16 heavy (non-hydrogen) atoms. The maximum Gasteiger partial charge on any atom is 0.0146 e. The second-order valence-corrected chi connectivity index (χ2v) is 5.62. The van der Waals surface area contributed by atoms with Crippen molar-refractivity contribution in [1.29, 1.82) is 0 Å². The van der Waals surface area contributed by atoms with Crippen molar-refractivity contribution in [1.82, 2.24) is 0 Å². The molecule has 78 valence electrons. The minimum Gasteiger partial charge on any atom is -0.125 e. The summed E-state index contributed by atoms with van der Waals surface area (Å²) in [5.41, 5.74) is 7.58. The molecule has 4 rings (SSSR count). The van der Waals surface area contributed by atoms with Crippen molar-refractivity contribution in [3.8, 4) is 11.1 Å². The van der Waals surface area contributed by atoms with E-state index in [1.165, 1.54) is 28.9 Å². The highest BCUT2D eigenvalue weighted by Crippen LogP contribution is 2.45. The second kappa shape index (κ2) is 3.14. The highest BCUT2D eigenvalue weighted by Gasteiger charge is 2.24. The van der Waals surface area contributed by atoms with Crippen molar-refractivity contribution in [3.63, 3.8) is 0 Å². The van der Waals surface area contributed by atoms with E-state index >= 15 is 0 Å². The molecule has 0 atom stereocenters. The predicted molar refractivity (Wildman–Crippen MR) is 69.1 cm³/mol. The molecule has 1 heterocycles. The van der Waals surface area contributed by atoms with Gasteiger partial charge in [-0.3, -0.25) is 0 Å². The number of benzene rings is 2. The van der Waals surface area contributed by atoms with E-state index in [4.69, 9.17) is 0 Å². The standard InChI is InChI=1S/C15H12S/c1-2-4-12-11(3-1)9-14-13(12)6-5-10-7-8-16-15(10)14/h1-6H,7-9H2. The zero-order valence-electron chi connectivity index (χ0n) is 8.99. The number of hydrogen-bond donors (Lipinski definition) is 0. The number of aryl methyl sites for hydroxylation is 1. The number of fused-ring (bicyclic) bond motifs is 5. The number of thioether (sulfide) groups is 1. The molecule has 0 aromatic heterocycles. The number of rotatable bonds is 0. The highest BCUT2D eigenvalue weighted by molar-refractivity contribution is 7.99. The van der Waals surface area contributed by atoms with Gasteiger partial charge in [-0.05, 0) is 40.7 Å². The first kappa shape index (κ1) is 8.89. The fraction of sp³-hybridized carbons (Fsp3) is 0.200. The van der Waals surface area contributed by atoms with E-state index in [1.54, 1.807) is 16.0 Å². The maximum atomic E-state index is 2.33. The van der Waals surface area contributed by atoms with Gasteiger partial charge in [0, 0.05) is 10.6 Å². The Balaban J connectivity index is 2.01. The van der Waals surface area contributed by atoms with E-state index in [2.05, 4.69) is 36.4 Å². The minimum absolute atomic E-state index is 1.14. The van der Waals surface area contributed by atoms with Crippen molar-refractivity contribution in [2.75, 3.05) is 5.75 Å². The highest BCUT2D eigenvalue weighted by atomic mass is 32.2. The van der Waals surface area contributed by atoms with Gasteiger partial charge in [0.1, 0.15) is 0 Å². The Morgan fingerprint density at radius 2 is 1.81 bits per heavy atom. The van der Waals surface area contributed by atoms with Gasteiger partial charge in [0.2, 0.25) is 0 Å². The molecular weight excluding hydrogens is 212 g/mol. The maximum absolute atomic E-state index is 2.33. The van der Waals surface area contributed by atoms with Crippen LogP contribution < -0.4 is 0 Å². The van der Waals surface area contributed by atoms with E-state index in [0.717, 1.165) is 6.42 Å². The first-order valence-electron chi connectivity index (χ1n) is 5.79. The fourth-order valence-corrected chi connectivity index (χ4v) is 4.11. The van der Waals surface area contributed by atoms with Crippen molar-refractivity contribution in [2.45, 2.75) is 17.7 Å². The van der Waals surface area contributed by atoms with Crippen LogP contribution in [0.25, 0.3) is 11.1 Å². The lowest BCUT2D eigenvalue weighted by Crippen LogP contribution is -1.87. The van der Waals surface area contributed by atoms with Gasteiger partial charge < -0.3 is 0 Å². The van der Waals surface area contributed by atoms with Gasteiger partial charge in [-0.2, -0.15) is 0 Å². The van der Waals surface area contributed by atoms with Crippen LogP contribution in [0, 0.1) is 0 Å². The van der Waals surface area contributed by atoms with Gasteiger partial charge in [0.25, 0.3) is 0 Å². The van der Waals surface area contributed by atoms with Gasteiger partial charge in [0.15, 0.2) is 0 Å². The Morgan fingerprint density at radius 3 is 2.81 bits per heavy atom. The van der Waals surface area contributed by atoms with Gasteiger partial charge in [0.05, 0.1) is 0 Å². The van der Waals surface area contributed by atoms with Crippen molar-refractivity contribution in [3.05, 3.63) is 53.1 Å².